The van der Waals surface area contributed by atoms with Crippen LogP contribution >= 0.6 is 0 Å². The van der Waals surface area contributed by atoms with Gasteiger partial charge in [-0.05, 0) is 42.3 Å². The quantitative estimate of drug-likeness (QED) is 0.618. The zero-order valence-electron chi connectivity index (χ0n) is 17.6. The number of rotatable bonds is 8. The maximum Gasteiger partial charge on any atom is 0.254 e. The summed E-state index contributed by atoms with van der Waals surface area (Å²) in [5, 5.41) is 0. The van der Waals surface area contributed by atoms with Crippen LogP contribution in [0.25, 0.3) is 0 Å². The lowest BCUT2D eigenvalue weighted by atomic mass is 10.1. The van der Waals surface area contributed by atoms with Gasteiger partial charge in [-0.25, -0.2) is 4.39 Å². The standard InChI is InChI=1S/C24H29FN2O3/c1-4-14-30-23(19-6-5-7-21(15-19)29-3)17-26-10-12-27(13-11-26)24(28)22-16-20(25)9-8-18(22)2/h4-9,15-16,23H,1,10-14,17H2,2-3H3. The fraction of sp³-hybridized carbons (Fsp3) is 0.375. The van der Waals surface area contributed by atoms with Gasteiger partial charge in [0.15, 0.2) is 0 Å². The molecule has 1 heterocycles. The molecular formula is C24H29FN2O3. The van der Waals surface area contributed by atoms with Gasteiger partial charge in [0.1, 0.15) is 11.6 Å². The van der Waals surface area contributed by atoms with E-state index in [-0.39, 0.29) is 17.8 Å². The molecule has 1 aliphatic rings. The van der Waals surface area contributed by atoms with Crippen molar-refractivity contribution in [2.45, 2.75) is 13.0 Å². The van der Waals surface area contributed by atoms with Crippen LogP contribution in [0.3, 0.4) is 0 Å². The van der Waals surface area contributed by atoms with Crippen LogP contribution in [0.4, 0.5) is 4.39 Å². The molecule has 3 rings (SSSR count). The number of carbonyl (C=O) groups excluding carboxylic acids is 1. The van der Waals surface area contributed by atoms with Crippen LogP contribution in [0, 0.1) is 12.7 Å². The second-order valence-corrected chi connectivity index (χ2v) is 7.44. The number of aryl methyl sites for hydroxylation is 1. The van der Waals surface area contributed by atoms with Crippen molar-refractivity contribution in [2.75, 3.05) is 46.4 Å². The van der Waals surface area contributed by atoms with Crippen molar-refractivity contribution in [3.8, 4) is 5.75 Å². The number of carbonyl (C=O) groups is 1. The summed E-state index contributed by atoms with van der Waals surface area (Å²) in [6, 6.07) is 12.2. The monoisotopic (exact) mass is 412 g/mol. The topological polar surface area (TPSA) is 42.0 Å². The Labute approximate surface area is 177 Å². The molecule has 0 bridgehead atoms. The highest BCUT2D eigenvalue weighted by Crippen LogP contribution is 2.24. The minimum Gasteiger partial charge on any atom is -0.497 e. The number of hydrogen-bond donors (Lipinski definition) is 0. The Balaban J connectivity index is 1.63. The molecule has 0 aromatic heterocycles. The molecule has 160 valence electrons. The average molecular weight is 413 g/mol. The van der Waals surface area contributed by atoms with Gasteiger partial charge in [-0.2, -0.15) is 0 Å². The molecule has 0 aliphatic carbocycles. The fourth-order valence-corrected chi connectivity index (χ4v) is 3.64. The highest BCUT2D eigenvalue weighted by molar-refractivity contribution is 5.95. The van der Waals surface area contributed by atoms with Crippen LogP contribution in [0.1, 0.15) is 27.6 Å². The first-order chi connectivity index (χ1) is 14.5. The molecule has 0 saturated carbocycles. The summed E-state index contributed by atoms with van der Waals surface area (Å²) in [7, 11) is 1.65. The smallest absolute Gasteiger partial charge is 0.254 e. The van der Waals surface area contributed by atoms with Gasteiger partial charge in [0, 0.05) is 38.3 Å². The Bertz CT molecular complexity index is 879. The first kappa shape index (κ1) is 22.0. The summed E-state index contributed by atoms with van der Waals surface area (Å²) >= 11 is 0. The van der Waals surface area contributed by atoms with Crippen LogP contribution in [-0.2, 0) is 4.74 Å². The largest absolute Gasteiger partial charge is 0.497 e. The molecule has 1 unspecified atom stereocenters. The number of methoxy groups -OCH3 is 1. The van der Waals surface area contributed by atoms with E-state index in [4.69, 9.17) is 9.47 Å². The number of nitrogens with zero attached hydrogens (tertiary/aromatic N) is 2. The maximum absolute atomic E-state index is 13.6. The molecular weight excluding hydrogens is 383 g/mol. The van der Waals surface area contributed by atoms with Gasteiger partial charge in [0.25, 0.3) is 5.91 Å². The van der Waals surface area contributed by atoms with E-state index in [1.54, 1.807) is 24.2 Å². The maximum atomic E-state index is 13.6. The molecule has 2 aromatic carbocycles. The number of ether oxygens (including phenoxy) is 2. The molecule has 5 nitrogen and oxygen atoms in total. The van der Waals surface area contributed by atoms with Crippen LogP contribution in [-0.4, -0.2) is 62.1 Å². The number of halogens is 1. The minimum atomic E-state index is -0.386. The third-order valence-electron chi connectivity index (χ3n) is 5.39. The number of piperazine rings is 1. The lowest BCUT2D eigenvalue weighted by Crippen LogP contribution is -2.49. The summed E-state index contributed by atoms with van der Waals surface area (Å²) in [6.07, 6.45) is 1.62. The van der Waals surface area contributed by atoms with Gasteiger partial charge >= 0.3 is 0 Å². The van der Waals surface area contributed by atoms with E-state index in [0.29, 0.717) is 31.8 Å². The zero-order chi connectivity index (χ0) is 21.5. The van der Waals surface area contributed by atoms with Crippen molar-refractivity contribution in [2.24, 2.45) is 0 Å². The van der Waals surface area contributed by atoms with Crippen molar-refractivity contribution in [1.29, 1.82) is 0 Å². The zero-order valence-corrected chi connectivity index (χ0v) is 17.6. The third-order valence-corrected chi connectivity index (χ3v) is 5.39. The molecule has 30 heavy (non-hydrogen) atoms. The van der Waals surface area contributed by atoms with Crippen molar-refractivity contribution in [3.05, 3.63) is 77.6 Å². The lowest BCUT2D eigenvalue weighted by molar-refractivity contribution is 0.0244. The molecule has 1 amide bonds. The molecule has 1 saturated heterocycles. The first-order valence-corrected chi connectivity index (χ1v) is 10.2. The summed E-state index contributed by atoms with van der Waals surface area (Å²) in [5.74, 6) is 0.294. The van der Waals surface area contributed by atoms with E-state index in [1.807, 2.05) is 31.2 Å². The molecule has 1 aliphatic heterocycles. The van der Waals surface area contributed by atoms with E-state index in [9.17, 15) is 9.18 Å². The molecule has 0 N–H and O–H groups in total. The molecule has 0 spiro atoms. The minimum absolute atomic E-state index is 0.112. The summed E-state index contributed by atoms with van der Waals surface area (Å²) < 4.78 is 24.9. The van der Waals surface area contributed by atoms with Crippen LogP contribution in [0.2, 0.25) is 0 Å². The van der Waals surface area contributed by atoms with E-state index in [2.05, 4.69) is 11.5 Å². The number of amides is 1. The first-order valence-electron chi connectivity index (χ1n) is 10.2. The number of hydrogen-bond acceptors (Lipinski definition) is 4. The Kier molecular flexibility index (Phi) is 7.60. The molecule has 1 fully saturated rings. The van der Waals surface area contributed by atoms with Crippen molar-refractivity contribution >= 4 is 5.91 Å². The van der Waals surface area contributed by atoms with E-state index in [1.165, 1.54) is 12.1 Å². The third kappa shape index (κ3) is 5.46. The second kappa shape index (κ2) is 10.4. The summed E-state index contributed by atoms with van der Waals surface area (Å²) in [5.41, 5.74) is 2.27. The Morgan fingerprint density at radius 2 is 1.97 bits per heavy atom. The number of benzene rings is 2. The molecule has 2 aromatic rings. The van der Waals surface area contributed by atoms with Gasteiger partial charge in [0.2, 0.25) is 0 Å². The second-order valence-electron chi connectivity index (χ2n) is 7.44. The lowest BCUT2D eigenvalue weighted by Gasteiger charge is -2.36. The van der Waals surface area contributed by atoms with E-state index >= 15 is 0 Å². The SMILES string of the molecule is C=CCOC(CN1CCN(C(=O)c2cc(F)ccc2C)CC1)c1cccc(OC)c1. The van der Waals surface area contributed by atoms with Crippen LogP contribution in [0.5, 0.6) is 5.75 Å². The summed E-state index contributed by atoms with van der Waals surface area (Å²) in [4.78, 5) is 16.9. The van der Waals surface area contributed by atoms with Crippen molar-refractivity contribution in [1.82, 2.24) is 9.80 Å². The highest BCUT2D eigenvalue weighted by Gasteiger charge is 2.25. The predicted molar refractivity (Wildman–Crippen MR) is 115 cm³/mol. The van der Waals surface area contributed by atoms with Gasteiger partial charge in [0.05, 0.1) is 19.8 Å². The molecule has 6 heteroatoms. The highest BCUT2D eigenvalue weighted by atomic mass is 19.1. The molecule has 0 radical (unpaired) electrons. The van der Waals surface area contributed by atoms with Crippen LogP contribution < -0.4 is 4.74 Å². The Morgan fingerprint density at radius 1 is 1.20 bits per heavy atom. The van der Waals surface area contributed by atoms with Gasteiger partial charge in [-0.1, -0.05) is 24.3 Å². The van der Waals surface area contributed by atoms with Gasteiger partial charge in [-0.15, -0.1) is 6.58 Å². The van der Waals surface area contributed by atoms with Crippen molar-refractivity contribution < 1.29 is 18.7 Å². The van der Waals surface area contributed by atoms with Gasteiger partial charge in [-0.3, -0.25) is 9.69 Å². The Morgan fingerprint density at radius 3 is 2.67 bits per heavy atom. The van der Waals surface area contributed by atoms with Crippen molar-refractivity contribution in [3.63, 3.8) is 0 Å². The van der Waals surface area contributed by atoms with Gasteiger partial charge < -0.3 is 14.4 Å². The van der Waals surface area contributed by atoms with E-state index < -0.39 is 0 Å². The fourth-order valence-electron chi connectivity index (χ4n) is 3.64. The van der Waals surface area contributed by atoms with E-state index in [0.717, 1.165) is 30.0 Å². The average Bonchev–Trinajstić information content (AvgIpc) is 2.78. The van der Waals surface area contributed by atoms with Crippen LogP contribution in [0.15, 0.2) is 55.1 Å². The molecule has 1 atom stereocenters. The predicted octanol–water partition coefficient (Wildman–Crippen LogP) is 3.84. The Hall–Kier alpha value is -2.70. The normalized spacial score (nSPS) is 15.6. The summed E-state index contributed by atoms with van der Waals surface area (Å²) in [6.45, 7) is 9.41.